The Bertz CT molecular complexity index is 1050. The van der Waals surface area contributed by atoms with Crippen LogP contribution in [0.3, 0.4) is 0 Å². The number of carbonyl (C=O) groups is 3. The Balaban J connectivity index is 1.75. The summed E-state index contributed by atoms with van der Waals surface area (Å²) in [6.45, 7) is -0.751. The molecule has 0 bridgehead atoms. The third-order valence-electron chi connectivity index (χ3n) is 3.68. The van der Waals surface area contributed by atoms with Gasteiger partial charge in [0.1, 0.15) is 0 Å². The number of non-ortho nitro benzene ring substituents is 1. The molecule has 0 aromatic heterocycles. The summed E-state index contributed by atoms with van der Waals surface area (Å²) in [6, 6.07) is 12.4. The number of ether oxygens (including phenoxy) is 1. The van der Waals surface area contributed by atoms with Gasteiger partial charge < -0.3 is 4.74 Å². The van der Waals surface area contributed by atoms with Gasteiger partial charge >= 0.3 is 5.97 Å². The summed E-state index contributed by atoms with van der Waals surface area (Å²) in [7, 11) is -3.66. The summed E-state index contributed by atoms with van der Waals surface area (Å²) in [4.78, 5) is 45.3. The standard InChI is InChI=1S/C18H17N3O8S/c22-16(19-20-18(24)13-5-4-6-14(11-13)21(25)26)12-29-17(23)9-10-30(27,28)15-7-2-1-3-8-15/h1-8,11H,9-10,12H2,(H,19,22)(H,20,24). The molecule has 2 N–H and O–H groups in total. The maximum atomic E-state index is 12.1. The van der Waals surface area contributed by atoms with E-state index in [1.165, 1.54) is 30.3 Å². The van der Waals surface area contributed by atoms with Crippen molar-refractivity contribution >= 4 is 33.3 Å². The summed E-state index contributed by atoms with van der Waals surface area (Å²) in [5, 5.41) is 10.7. The first-order valence-electron chi connectivity index (χ1n) is 8.46. The third-order valence-corrected chi connectivity index (χ3v) is 5.41. The van der Waals surface area contributed by atoms with Crippen molar-refractivity contribution in [1.29, 1.82) is 0 Å². The Hall–Kier alpha value is -3.80. The smallest absolute Gasteiger partial charge is 0.307 e. The second-order valence-electron chi connectivity index (χ2n) is 5.85. The van der Waals surface area contributed by atoms with Gasteiger partial charge in [-0.25, -0.2) is 8.42 Å². The molecule has 0 aliphatic heterocycles. The predicted molar refractivity (Wildman–Crippen MR) is 103 cm³/mol. The number of amides is 2. The molecular formula is C18H17N3O8S. The predicted octanol–water partition coefficient (Wildman–Crippen LogP) is 0.763. The Kier molecular flexibility index (Phi) is 7.58. The van der Waals surface area contributed by atoms with Crippen molar-refractivity contribution < 1.29 is 32.5 Å². The molecular weight excluding hydrogens is 418 g/mol. The van der Waals surface area contributed by atoms with Gasteiger partial charge in [0.05, 0.1) is 22.0 Å². The highest BCUT2D eigenvalue weighted by Crippen LogP contribution is 2.13. The van der Waals surface area contributed by atoms with Crippen LogP contribution < -0.4 is 10.9 Å². The van der Waals surface area contributed by atoms with Crippen molar-refractivity contribution in [2.45, 2.75) is 11.3 Å². The minimum atomic E-state index is -3.66. The van der Waals surface area contributed by atoms with Crippen molar-refractivity contribution in [3.05, 3.63) is 70.3 Å². The van der Waals surface area contributed by atoms with E-state index in [0.29, 0.717) is 0 Å². The largest absolute Gasteiger partial charge is 0.455 e. The molecule has 2 amide bonds. The topological polar surface area (TPSA) is 162 Å². The van der Waals surface area contributed by atoms with E-state index in [4.69, 9.17) is 0 Å². The lowest BCUT2D eigenvalue weighted by atomic mass is 10.2. The molecule has 0 spiro atoms. The van der Waals surface area contributed by atoms with Gasteiger partial charge in [0, 0.05) is 17.7 Å². The molecule has 2 aromatic rings. The van der Waals surface area contributed by atoms with Crippen LogP contribution in [0.4, 0.5) is 5.69 Å². The van der Waals surface area contributed by atoms with Crippen LogP contribution in [0.5, 0.6) is 0 Å². The molecule has 0 heterocycles. The van der Waals surface area contributed by atoms with E-state index in [9.17, 15) is 32.9 Å². The highest BCUT2D eigenvalue weighted by Gasteiger charge is 2.18. The van der Waals surface area contributed by atoms with Gasteiger partial charge in [0.2, 0.25) is 0 Å². The second-order valence-corrected chi connectivity index (χ2v) is 7.96. The Morgan fingerprint density at radius 2 is 1.70 bits per heavy atom. The van der Waals surface area contributed by atoms with E-state index in [1.807, 2.05) is 10.9 Å². The lowest BCUT2D eigenvalue weighted by Gasteiger charge is -2.08. The lowest BCUT2D eigenvalue weighted by molar-refractivity contribution is -0.384. The average Bonchev–Trinajstić information content (AvgIpc) is 2.75. The van der Waals surface area contributed by atoms with Crippen LogP contribution in [-0.4, -0.2) is 43.5 Å². The van der Waals surface area contributed by atoms with E-state index in [-0.39, 0.29) is 16.1 Å². The zero-order valence-electron chi connectivity index (χ0n) is 15.4. The van der Waals surface area contributed by atoms with E-state index < -0.39 is 51.3 Å². The van der Waals surface area contributed by atoms with Gasteiger partial charge in [-0.15, -0.1) is 0 Å². The SMILES string of the molecule is O=C(COC(=O)CCS(=O)(=O)c1ccccc1)NNC(=O)c1cccc([N+](=O)[O-])c1. The van der Waals surface area contributed by atoms with E-state index in [2.05, 4.69) is 4.74 Å². The minimum absolute atomic E-state index is 0.0624. The van der Waals surface area contributed by atoms with Crippen LogP contribution in [0.2, 0.25) is 0 Å². The first-order chi connectivity index (χ1) is 14.2. The van der Waals surface area contributed by atoms with Gasteiger partial charge in [-0.3, -0.25) is 35.3 Å². The fourth-order valence-electron chi connectivity index (χ4n) is 2.18. The number of nitro benzene ring substituents is 1. The van der Waals surface area contributed by atoms with E-state index in [0.717, 1.165) is 6.07 Å². The van der Waals surface area contributed by atoms with Crippen molar-refractivity contribution in [1.82, 2.24) is 10.9 Å². The summed E-state index contributed by atoms with van der Waals surface area (Å²) in [5.74, 6) is -3.09. The summed E-state index contributed by atoms with van der Waals surface area (Å²) >= 11 is 0. The van der Waals surface area contributed by atoms with E-state index >= 15 is 0 Å². The molecule has 0 fully saturated rings. The van der Waals surface area contributed by atoms with Gasteiger partial charge in [0.25, 0.3) is 17.5 Å². The number of carbonyl (C=O) groups excluding carboxylic acids is 3. The van der Waals surface area contributed by atoms with Gasteiger partial charge in [-0.05, 0) is 18.2 Å². The highest BCUT2D eigenvalue weighted by molar-refractivity contribution is 7.91. The van der Waals surface area contributed by atoms with Gasteiger partial charge in [0.15, 0.2) is 16.4 Å². The van der Waals surface area contributed by atoms with Crippen LogP contribution >= 0.6 is 0 Å². The molecule has 11 nitrogen and oxygen atoms in total. The number of nitrogens with zero attached hydrogens (tertiary/aromatic N) is 1. The summed E-state index contributed by atoms with van der Waals surface area (Å²) < 4.78 is 28.8. The molecule has 0 saturated carbocycles. The number of hydrogen-bond donors (Lipinski definition) is 2. The number of nitro groups is 1. The number of benzene rings is 2. The average molecular weight is 435 g/mol. The number of hydrazine groups is 1. The van der Waals surface area contributed by atoms with Crippen molar-refractivity contribution in [3.8, 4) is 0 Å². The molecule has 12 heteroatoms. The normalized spacial score (nSPS) is 10.7. The summed E-state index contributed by atoms with van der Waals surface area (Å²) in [5.41, 5.74) is 3.64. The maximum Gasteiger partial charge on any atom is 0.307 e. The third kappa shape index (κ3) is 6.67. The lowest BCUT2D eigenvalue weighted by Crippen LogP contribution is -2.43. The highest BCUT2D eigenvalue weighted by atomic mass is 32.2. The van der Waals surface area contributed by atoms with E-state index in [1.54, 1.807) is 18.2 Å². The van der Waals surface area contributed by atoms with Crippen LogP contribution in [0.1, 0.15) is 16.8 Å². The number of hydrogen-bond acceptors (Lipinski definition) is 8. The molecule has 0 aliphatic carbocycles. The van der Waals surface area contributed by atoms with Crippen molar-refractivity contribution in [2.75, 3.05) is 12.4 Å². The zero-order chi connectivity index (χ0) is 22.1. The van der Waals surface area contributed by atoms with Crippen molar-refractivity contribution in [2.24, 2.45) is 0 Å². The van der Waals surface area contributed by atoms with Gasteiger partial charge in [-0.2, -0.15) is 0 Å². The first-order valence-corrected chi connectivity index (χ1v) is 10.1. The van der Waals surface area contributed by atoms with Gasteiger partial charge in [-0.1, -0.05) is 24.3 Å². The van der Waals surface area contributed by atoms with Crippen molar-refractivity contribution in [3.63, 3.8) is 0 Å². The Morgan fingerprint density at radius 1 is 1.00 bits per heavy atom. The Morgan fingerprint density at radius 3 is 2.37 bits per heavy atom. The maximum absolute atomic E-state index is 12.1. The monoisotopic (exact) mass is 435 g/mol. The molecule has 0 saturated heterocycles. The second kappa shape index (κ2) is 10.1. The molecule has 2 rings (SSSR count). The number of nitrogens with one attached hydrogen (secondary N) is 2. The number of rotatable bonds is 8. The number of sulfone groups is 1. The molecule has 2 aromatic carbocycles. The quantitative estimate of drug-likeness (QED) is 0.349. The molecule has 30 heavy (non-hydrogen) atoms. The molecule has 0 radical (unpaired) electrons. The van der Waals surface area contributed by atoms with Crippen LogP contribution in [0.25, 0.3) is 0 Å². The minimum Gasteiger partial charge on any atom is -0.455 e. The molecule has 0 aliphatic rings. The summed E-state index contributed by atoms with van der Waals surface area (Å²) in [6.07, 6.45) is -0.454. The van der Waals surface area contributed by atoms with Crippen LogP contribution in [0.15, 0.2) is 59.5 Å². The fraction of sp³-hybridized carbons (Fsp3) is 0.167. The molecule has 0 atom stereocenters. The first kappa shape index (κ1) is 22.5. The zero-order valence-corrected chi connectivity index (χ0v) is 16.3. The fourth-order valence-corrected chi connectivity index (χ4v) is 3.42. The molecule has 0 unspecified atom stereocenters. The molecule has 158 valence electrons. The van der Waals surface area contributed by atoms with Crippen LogP contribution in [0, 0.1) is 10.1 Å². The number of esters is 1. The Labute approximate surface area is 171 Å². The van der Waals surface area contributed by atoms with Crippen LogP contribution in [-0.2, 0) is 24.2 Å².